The standard InChI is InChI=1S/2C27H42N4O12S.C14H20O10.C13H24N4O3S.C4H4O4/c2*1-15(39-19(5)32)23(33)40-16(2)24(34)41-17(3)25(35)42-18(4)26(36)43-20(13-28-27(6,7)8)14-38-22-21(29-44-30-22)31-9-11-37-12-10-31;1-6(11(16)17)22-13(19)8(3)24-14(20)9(4)23-12(18)7(2)21-10(5)15;1-13(2,3)14-8-10(18)9-20-12-11(15-21-16-12)17-4-6-19-7-5-17;5-3(6)1-2-4(7)8/h2*15-18,20,28H,9-14H2,1-8H3;6-9H,1-5H3,(H,16,17);10,14,18H,4-9H2,1-3H3;1-2H,(H,5,6)(H,7,8)/b;;;;2-1-/t2*15-,16-,17-,18-,20-;6-,7-,8-,9-;10-;/m0000./s1. The van der Waals surface area contributed by atoms with Gasteiger partial charge in [-0.25, -0.2) is 67.1 Å². The predicted octanol–water partition coefficient (Wildman–Crippen LogP) is 1.63. The molecular formula is C85H132N12O41S3. The number of carbonyl (C=O) groups excluding carboxylic acids is 14. The number of esters is 14. The van der Waals surface area contributed by atoms with E-state index in [-0.39, 0.29) is 49.5 Å². The van der Waals surface area contributed by atoms with Gasteiger partial charge in [-0.15, -0.1) is 13.1 Å². The van der Waals surface area contributed by atoms with E-state index >= 15 is 0 Å². The van der Waals surface area contributed by atoms with E-state index < -0.39 is 193 Å². The molecule has 0 amide bonds. The lowest BCUT2D eigenvalue weighted by Gasteiger charge is -2.28. The lowest BCUT2D eigenvalue weighted by Crippen LogP contribution is -2.45. The van der Waals surface area contributed by atoms with Crippen molar-refractivity contribution in [2.45, 2.75) is 274 Å². The minimum absolute atomic E-state index is 0.0257. The van der Waals surface area contributed by atoms with Crippen LogP contribution in [0.15, 0.2) is 12.2 Å². The van der Waals surface area contributed by atoms with Crippen LogP contribution in [0.2, 0.25) is 0 Å². The molecule has 3 fully saturated rings. The fourth-order valence-electron chi connectivity index (χ4n) is 10.2. The van der Waals surface area contributed by atoms with Gasteiger partial charge in [-0.05, 0) is 145 Å². The van der Waals surface area contributed by atoms with Crippen LogP contribution in [0.3, 0.4) is 0 Å². The Morgan fingerprint density at radius 2 is 0.511 bits per heavy atom. The van der Waals surface area contributed by atoms with Crippen molar-refractivity contribution in [3.63, 3.8) is 0 Å². The van der Waals surface area contributed by atoms with E-state index in [1.54, 1.807) is 0 Å². The normalized spacial score (nSPS) is 16.3. The summed E-state index contributed by atoms with van der Waals surface area (Å²) in [5, 5.41) is 43.9. The summed E-state index contributed by atoms with van der Waals surface area (Å²) in [5.41, 5.74) is -0.623. The summed E-state index contributed by atoms with van der Waals surface area (Å²) in [6.07, 6.45) is -17.3. The van der Waals surface area contributed by atoms with E-state index in [0.29, 0.717) is 114 Å². The number of morpholine rings is 3. The van der Waals surface area contributed by atoms with Crippen molar-refractivity contribution in [1.29, 1.82) is 0 Å². The van der Waals surface area contributed by atoms with Crippen molar-refractivity contribution in [3.8, 4) is 17.6 Å². The molecule has 0 saturated carbocycles. The first-order chi connectivity index (χ1) is 65.7. The first-order valence-electron chi connectivity index (χ1n) is 44.1. The molecule has 56 heteroatoms. The first-order valence-corrected chi connectivity index (χ1v) is 46.3. The second kappa shape index (κ2) is 63.0. The van der Waals surface area contributed by atoms with E-state index in [9.17, 15) is 86.6 Å². The topological polar surface area (TPSA) is 679 Å². The summed E-state index contributed by atoms with van der Waals surface area (Å²) < 4.78 is 128. The number of anilines is 3. The van der Waals surface area contributed by atoms with Crippen LogP contribution in [-0.2, 0) is 162 Å². The molecule has 53 nitrogen and oxygen atoms in total. The Labute approximate surface area is 826 Å². The third-order valence-electron chi connectivity index (χ3n) is 17.7. The average Bonchev–Trinajstić information content (AvgIpc) is 1.72. The van der Waals surface area contributed by atoms with Gasteiger partial charge in [0.25, 0.3) is 17.6 Å². The van der Waals surface area contributed by atoms with E-state index in [2.05, 4.69) is 77.3 Å². The van der Waals surface area contributed by atoms with E-state index in [1.807, 2.05) is 51.3 Å². The van der Waals surface area contributed by atoms with Gasteiger partial charge in [0.05, 0.1) is 74.8 Å². The van der Waals surface area contributed by atoms with Gasteiger partial charge in [0, 0.05) is 108 Å². The number of ether oxygens (including phenoxy) is 20. The Kier molecular flexibility index (Phi) is 55.8. The highest BCUT2D eigenvalue weighted by Gasteiger charge is 2.37. The zero-order valence-electron chi connectivity index (χ0n) is 83.2. The van der Waals surface area contributed by atoms with Crippen molar-refractivity contribution >= 4 is 154 Å². The van der Waals surface area contributed by atoms with Crippen molar-refractivity contribution < 1.29 is 197 Å². The molecule has 15 atom stereocenters. The van der Waals surface area contributed by atoms with Crippen molar-refractivity contribution in [2.75, 3.05) is 133 Å². The molecule has 3 aliphatic heterocycles. The third-order valence-corrected chi connectivity index (χ3v) is 19.2. The predicted molar refractivity (Wildman–Crippen MR) is 490 cm³/mol. The summed E-state index contributed by atoms with van der Waals surface area (Å²) in [6.45, 7) is 44.8. The van der Waals surface area contributed by atoms with E-state index in [4.69, 9.17) is 101 Å². The number of nitrogens with zero attached hydrogens (tertiary/aromatic N) is 9. The Morgan fingerprint density at radius 1 is 0.312 bits per heavy atom. The molecule has 141 heavy (non-hydrogen) atoms. The second-order valence-corrected chi connectivity index (χ2v) is 35.5. The van der Waals surface area contributed by atoms with Gasteiger partial charge in [-0.3, -0.25) is 14.4 Å². The van der Waals surface area contributed by atoms with Gasteiger partial charge in [-0.1, -0.05) is 0 Å². The summed E-state index contributed by atoms with van der Waals surface area (Å²) in [6, 6.07) is 0. The largest absolute Gasteiger partial charge is 0.479 e. The van der Waals surface area contributed by atoms with E-state index in [1.165, 1.54) is 76.2 Å². The zero-order chi connectivity index (χ0) is 107. The minimum atomic E-state index is -1.44. The highest BCUT2D eigenvalue weighted by atomic mass is 32.1. The summed E-state index contributed by atoms with van der Waals surface area (Å²) in [7, 11) is 0. The molecule has 0 radical (unpaired) electrons. The Hall–Kier alpha value is -12.1. The van der Waals surface area contributed by atoms with Gasteiger partial charge < -0.3 is 146 Å². The number of carboxylic acids is 3. The molecule has 0 aromatic carbocycles. The molecule has 3 aliphatic rings. The number of hydrogen-bond donors (Lipinski definition) is 7. The maximum absolute atomic E-state index is 12.9. The molecule has 6 heterocycles. The van der Waals surface area contributed by atoms with Crippen LogP contribution < -0.4 is 44.9 Å². The molecule has 3 saturated heterocycles. The smallest absolute Gasteiger partial charge is 0.347 e. The molecule has 0 spiro atoms. The number of nitrogens with one attached hydrogen (secondary N) is 3. The van der Waals surface area contributed by atoms with Gasteiger partial charge in [0.2, 0.25) is 17.5 Å². The molecule has 3 aromatic rings. The number of carboxylic acid groups (broad SMARTS) is 3. The van der Waals surface area contributed by atoms with Crippen molar-refractivity contribution in [2.24, 2.45) is 0 Å². The Morgan fingerprint density at radius 3 is 0.716 bits per heavy atom. The number of aliphatic carboxylic acids is 3. The van der Waals surface area contributed by atoms with Crippen LogP contribution in [0.4, 0.5) is 17.5 Å². The maximum atomic E-state index is 12.9. The van der Waals surface area contributed by atoms with Gasteiger partial charge in [0.15, 0.2) is 73.2 Å². The molecular weight excluding hydrogens is 1940 g/mol. The van der Waals surface area contributed by atoms with Gasteiger partial charge in [0.1, 0.15) is 38.1 Å². The van der Waals surface area contributed by atoms with Crippen LogP contribution in [0.25, 0.3) is 0 Å². The lowest BCUT2D eigenvalue weighted by atomic mass is 10.1. The van der Waals surface area contributed by atoms with Gasteiger partial charge >= 0.3 is 101 Å². The molecule has 6 rings (SSSR count). The summed E-state index contributed by atoms with van der Waals surface area (Å²) in [4.78, 5) is 203. The maximum Gasteiger partial charge on any atom is 0.347 e. The Bertz CT molecular complexity index is 4350. The zero-order valence-corrected chi connectivity index (χ0v) is 85.6. The molecule has 796 valence electrons. The van der Waals surface area contributed by atoms with Crippen LogP contribution in [-0.4, -0.2) is 375 Å². The van der Waals surface area contributed by atoms with Crippen LogP contribution >= 0.6 is 35.2 Å². The fraction of sp³-hybridized carbons (Fsp3) is 0.706. The van der Waals surface area contributed by atoms with Crippen molar-refractivity contribution in [1.82, 2.24) is 42.2 Å². The van der Waals surface area contributed by atoms with Crippen molar-refractivity contribution in [3.05, 3.63) is 12.2 Å². The number of aliphatic hydroxyl groups excluding tert-OH is 1. The van der Waals surface area contributed by atoms with E-state index in [0.717, 1.165) is 81.8 Å². The SMILES string of the molecule is CC(=O)O[C@@H](C)C(=O)O[C@@H](C)C(=O)O[C@@H](C)C(=O)O[C@@H](C)C(=O)O.CC(=O)O[C@@H](C)C(=O)O[C@@H](C)C(=O)O[C@@H](C)C(=O)O[C@@H](C)C(=O)O[C@@H](CNC(C)(C)C)COc1nsnc1N1CCOCC1.CC(=O)O[C@@H](C)C(=O)O[C@@H](C)C(=O)O[C@@H](C)C(=O)O[C@@H](C)C(=O)O[C@@H](CNC(C)(C)C)COc1nsnc1N1CCOCC1.CC(C)(C)NC[C@H](O)COc1nsnc1N1CCOCC1.O=C(O)/C=C\C(=O)O. The highest BCUT2D eigenvalue weighted by molar-refractivity contribution is 7.00. The quantitative estimate of drug-likeness (QED) is 0.0240. The number of β-amino-alcohol motifs (C(OH)–C–C–N with tert-alkyl or cyclic N) is 1. The van der Waals surface area contributed by atoms with Crippen LogP contribution in [0, 0.1) is 0 Å². The monoisotopic (exact) mass is 2070 g/mol. The summed E-state index contributed by atoms with van der Waals surface area (Å²) >= 11 is 3.13. The number of aliphatic hydroxyl groups is 1. The molecule has 7 N–H and O–H groups in total. The molecule has 0 bridgehead atoms. The minimum Gasteiger partial charge on any atom is -0.479 e. The lowest BCUT2D eigenvalue weighted by molar-refractivity contribution is -0.185. The molecule has 0 unspecified atom stereocenters. The highest BCUT2D eigenvalue weighted by Crippen LogP contribution is 2.30. The number of carbonyl (C=O) groups is 17. The van der Waals surface area contributed by atoms with Crippen LogP contribution in [0.5, 0.6) is 17.6 Å². The van der Waals surface area contributed by atoms with Gasteiger partial charge in [-0.2, -0.15) is 13.1 Å². The average molecular weight is 2070 g/mol. The first kappa shape index (κ1) is 125. The summed E-state index contributed by atoms with van der Waals surface area (Å²) in [5.74, 6) is -13.8. The Balaban J connectivity index is 0.000000644. The second-order valence-electron chi connectivity index (χ2n) is 33.9. The molecule has 0 aliphatic carbocycles. The molecule has 3 aromatic heterocycles. The fourth-order valence-corrected chi connectivity index (χ4v) is 11.8. The number of aromatic nitrogens is 6. The number of hydrogen-bond acceptors (Lipinski definition) is 53. The van der Waals surface area contributed by atoms with Crippen LogP contribution in [0.1, 0.15) is 166 Å². The third kappa shape index (κ3) is 52.8. The number of rotatable bonds is 46.